The van der Waals surface area contributed by atoms with Crippen LogP contribution < -0.4 is 9.47 Å². The number of rotatable bonds is 5. The van der Waals surface area contributed by atoms with Crippen LogP contribution in [-0.4, -0.2) is 21.8 Å². The third-order valence-electron chi connectivity index (χ3n) is 3.05. The number of benzene rings is 2. The van der Waals surface area contributed by atoms with E-state index in [1.807, 2.05) is 6.07 Å². The molecule has 0 aromatic heterocycles. The summed E-state index contributed by atoms with van der Waals surface area (Å²) in [5.41, 5.74) is 1.03. The predicted molar refractivity (Wildman–Crippen MR) is 81.6 cm³/mol. The van der Waals surface area contributed by atoms with Gasteiger partial charge in [-0.1, -0.05) is 18.2 Å². The van der Waals surface area contributed by atoms with Gasteiger partial charge >= 0.3 is 0 Å². The van der Waals surface area contributed by atoms with Crippen molar-refractivity contribution in [1.29, 1.82) is 5.26 Å². The standard InChI is InChI=1S/C16H15NO4S/c1-20-15-9-12(10-17)7-8-14(15)21-11-13-5-3-4-6-16(13)22(2,18)19/h3-9H,11H2,1-2H3. The van der Waals surface area contributed by atoms with Crippen molar-refractivity contribution in [2.24, 2.45) is 0 Å². The maximum absolute atomic E-state index is 11.8. The fourth-order valence-corrected chi connectivity index (χ4v) is 2.93. The fraction of sp³-hybridized carbons (Fsp3) is 0.188. The lowest BCUT2D eigenvalue weighted by Crippen LogP contribution is -2.05. The molecule has 0 saturated carbocycles. The van der Waals surface area contributed by atoms with Crippen molar-refractivity contribution in [2.45, 2.75) is 11.5 Å². The van der Waals surface area contributed by atoms with Gasteiger partial charge < -0.3 is 9.47 Å². The molecule has 0 aliphatic carbocycles. The molecule has 0 spiro atoms. The summed E-state index contributed by atoms with van der Waals surface area (Å²) in [6.45, 7) is 0.0888. The molecule has 0 bridgehead atoms. The van der Waals surface area contributed by atoms with Crippen LogP contribution in [0.25, 0.3) is 0 Å². The van der Waals surface area contributed by atoms with Gasteiger partial charge in [-0.05, 0) is 18.2 Å². The van der Waals surface area contributed by atoms with Crippen molar-refractivity contribution in [1.82, 2.24) is 0 Å². The molecule has 0 heterocycles. The summed E-state index contributed by atoms with van der Waals surface area (Å²) < 4.78 is 34.3. The number of nitriles is 1. The Morgan fingerprint density at radius 1 is 1.14 bits per heavy atom. The molecule has 0 amide bonds. The molecule has 0 saturated heterocycles. The lowest BCUT2D eigenvalue weighted by Gasteiger charge is -2.12. The van der Waals surface area contributed by atoms with Gasteiger partial charge in [0.2, 0.25) is 0 Å². The highest BCUT2D eigenvalue weighted by Gasteiger charge is 2.14. The van der Waals surface area contributed by atoms with Gasteiger partial charge in [0, 0.05) is 17.9 Å². The SMILES string of the molecule is COc1cc(C#N)ccc1OCc1ccccc1S(C)(=O)=O. The summed E-state index contributed by atoms with van der Waals surface area (Å²) in [6.07, 6.45) is 1.16. The molecule has 0 radical (unpaired) electrons. The third kappa shape index (κ3) is 3.57. The van der Waals surface area contributed by atoms with Gasteiger partial charge in [-0.2, -0.15) is 5.26 Å². The van der Waals surface area contributed by atoms with E-state index in [9.17, 15) is 8.42 Å². The van der Waals surface area contributed by atoms with Crippen LogP contribution >= 0.6 is 0 Å². The van der Waals surface area contributed by atoms with Crippen molar-refractivity contribution >= 4 is 9.84 Å². The van der Waals surface area contributed by atoms with Gasteiger partial charge in [-0.3, -0.25) is 0 Å². The fourth-order valence-electron chi connectivity index (χ4n) is 2.00. The first-order valence-electron chi connectivity index (χ1n) is 6.44. The lowest BCUT2D eigenvalue weighted by atomic mass is 10.2. The van der Waals surface area contributed by atoms with Crippen LogP contribution in [-0.2, 0) is 16.4 Å². The van der Waals surface area contributed by atoms with Crippen LogP contribution in [0.1, 0.15) is 11.1 Å². The third-order valence-corrected chi connectivity index (χ3v) is 4.25. The summed E-state index contributed by atoms with van der Waals surface area (Å²) in [5.74, 6) is 0.876. The molecule has 0 aliphatic rings. The monoisotopic (exact) mass is 317 g/mol. The zero-order valence-electron chi connectivity index (χ0n) is 12.2. The number of sulfone groups is 1. The highest BCUT2D eigenvalue weighted by molar-refractivity contribution is 7.90. The first-order chi connectivity index (χ1) is 10.5. The molecule has 0 aliphatic heterocycles. The van der Waals surface area contributed by atoms with Crippen molar-refractivity contribution < 1.29 is 17.9 Å². The minimum absolute atomic E-state index is 0.0888. The van der Waals surface area contributed by atoms with E-state index in [1.165, 1.54) is 7.11 Å². The van der Waals surface area contributed by atoms with E-state index in [-0.39, 0.29) is 11.5 Å². The molecule has 2 rings (SSSR count). The van der Waals surface area contributed by atoms with Crippen LogP contribution in [0, 0.1) is 11.3 Å². The van der Waals surface area contributed by atoms with Crippen LogP contribution in [0.15, 0.2) is 47.4 Å². The van der Waals surface area contributed by atoms with E-state index in [0.717, 1.165) is 6.26 Å². The molecule has 2 aromatic carbocycles. The number of hydrogen-bond donors (Lipinski definition) is 0. The quantitative estimate of drug-likeness (QED) is 0.847. The van der Waals surface area contributed by atoms with Crippen molar-refractivity contribution in [3.8, 4) is 17.6 Å². The molecular weight excluding hydrogens is 302 g/mol. The second-order valence-electron chi connectivity index (χ2n) is 4.65. The zero-order chi connectivity index (χ0) is 16.2. The predicted octanol–water partition coefficient (Wildman–Crippen LogP) is 2.55. The number of methoxy groups -OCH3 is 1. The summed E-state index contributed by atoms with van der Waals surface area (Å²) >= 11 is 0. The van der Waals surface area contributed by atoms with Gasteiger partial charge in [0.1, 0.15) is 6.61 Å². The van der Waals surface area contributed by atoms with Gasteiger partial charge in [0.05, 0.1) is 23.6 Å². The largest absolute Gasteiger partial charge is 0.493 e. The Labute approximate surface area is 129 Å². The smallest absolute Gasteiger partial charge is 0.175 e. The molecule has 5 nitrogen and oxygen atoms in total. The van der Waals surface area contributed by atoms with Crippen LogP contribution in [0.4, 0.5) is 0 Å². The van der Waals surface area contributed by atoms with E-state index in [1.54, 1.807) is 42.5 Å². The van der Waals surface area contributed by atoms with E-state index in [4.69, 9.17) is 14.7 Å². The number of ether oxygens (including phenoxy) is 2. The molecule has 22 heavy (non-hydrogen) atoms. The van der Waals surface area contributed by atoms with E-state index < -0.39 is 9.84 Å². The Morgan fingerprint density at radius 3 is 2.50 bits per heavy atom. The lowest BCUT2D eigenvalue weighted by molar-refractivity contribution is 0.282. The van der Waals surface area contributed by atoms with Gasteiger partial charge in [-0.15, -0.1) is 0 Å². The van der Waals surface area contributed by atoms with Crippen LogP contribution in [0.3, 0.4) is 0 Å². The highest BCUT2D eigenvalue weighted by Crippen LogP contribution is 2.29. The van der Waals surface area contributed by atoms with Gasteiger partial charge in [0.25, 0.3) is 0 Å². The summed E-state index contributed by atoms with van der Waals surface area (Å²) in [4.78, 5) is 0.239. The topological polar surface area (TPSA) is 76.4 Å². The Hall–Kier alpha value is -2.52. The Bertz CT molecular complexity index is 822. The maximum Gasteiger partial charge on any atom is 0.175 e. The van der Waals surface area contributed by atoms with Crippen LogP contribution in [0.2, 0.25) is 0 Å². The second kappa shape index (κ2) is 6.50. The first kappa shape index (κ1) is 15.9. The molecule has 0 unspecified atom stereocenters. The molecule has 0 N–H and O–H groups in total. The summed E-state index contributed by atoms with van der Waals surface area (Å²) in [6, 6.07) is 13.5. The van der Waals surface area contributed by atoms with E-state index in [0.29, 0.717) is 22.6 Å². The van der Waals surface area contributed by atoms with E-state index in [2.05, 4.69) is 0 Å². The second-order valence-corrected chi connectivity index (χ2v) is 6.63. The minimum Gasteiger partial charge on any atom is -0.493 e. The first-order valence-corrected chi connectivity index (χ1v) is 8.33. The summed E-state index contributed by atoms with van der Waals surface area (Å²) in [5, 5.41) is 8.87. The van der Waals surface area contributed by atoms with Crippen molar-refractivity contribution in [3.63, 3.8) is 0 Å². The number of hydrogen-bond acceptors (Lipinski definition) is 5. The molecule has 6 heteroatoms. The Morgan fingerprint density at radius 2 is 1.86 bits per heavy atom. The summed E-state index contributed by atoms with van der Waals surface area (Å²) in [7, 11) is -1.84. The number of nitrogens with zero attached hydrogens (tertiary/aromatic N) is 1. The van der Waals surface area contributed by atoms with Gasteiger partial charge in [0.15, 0.2) is 21.3 Å². The van der Waals surface area contributed by atoms with Gasteiger partial charge in [-0.25, -0.2) is 8.42 Å². The average Bonchev–Trinajstić information content (AvgIpc) is 2.52. The van der Waals surface area contributed by atoms with Crippen LogP contribution in [0.5, 0.6) is 11.5 Å². The minimum atomic E-state index is -3.32. The molecule has 0 fully saturated rings. The Balaban J connectivity index is 2.27. The molecule has 114 valence electrons. The van der Waals surface area contributed by atoms with Crippen molar-refractivity contribution in [3.05, 3.63) is 53.6 Å². The maximum atomic E-state index is 11.8. The zero-order valence-corrected chi connectivity index (χ0v) is 13.1. The van der Waals surface area contributed by atoms with E-state index >= 15 is 0 Å². The van der Waals surface area contributed by atoms with Crippen molar-refractivity contribution in [2.75, 3.05) is 13.4 Å². The molecule has 0 atom stereocenters. The molecule has 2 aromatic rings. The highest BCUT2D eigenvalue weighted by atomic mass is 32.2. The molecular formula is C16H15NO4S. The average molecular weight is 317 g/mol. The normalized spacial score (nSPS) is 10.8. The Kier molecular flexibility index (Phi) is 4.68.